The fourth-order valence-corrected chi connectivity index (χ4v) is 2.10. The van der Waals surface area contributed by atoms with E-state index in [0.29, 0.717) is 12.3 Å². The van der Waals surface area contributed by atoms with Gasteiger partial charge in [0.1, 0.15) is 11.9 Å². The van der Waals surface area contributed by atoms with Crippen molar-refractivity contribution in [1.82, 2.24) is 0 Å². The summed E-state index contributed by atoms with van der Waals surface area (Å²) in [6.07, 6.45) is 0.927. The van der Waals surface area contributed by atoms with Crippen LogP contribution in [-0.4, -0.2) is 11.7 Å². The Bertz CT molecular complexity index is 661. The van der Waals surface area contributed by atoms with E-state index in [1.54, 1.807) is 18.4 Å². The molecule has 2 N–H and O–H groups in total. The zero-order chi connectivity index (χ0) is 13.1. The smallest absolute Gasteiger partial charge is 0.134 e. The summed E-state index contributed by atoms with van der Waals surface area (Å²) in [5.41, 5.74) is 0.990. The molecule has 1 atom stereocenters. The number of fused-ring (bicyclic) bond motifs is 1. The van der Waals surface area contributed by atoms with Gasteiger partial charge in [-0.05, 0) is 35.0 Å². The average Bonchev–Trinajstić information content (AvgIpc) is 2.99. The number of aliphatic hydroxyl groups excluding tert-OH is 1. The summed E-state index contributed by atoms with van der Waals surface area (Å²) in [5.74, 6) is 0.577. The molecule has 0 bridgehead atoms. The first-order valence-corrected chi connectivity index (χ1v) is 6.27. The second-order valence-corrected chi connectivity index (χ2v) is 4.47. The largest absolute Gasteiger partial charge is 0.467 e. The van der Waals surface area contributed by atoms with Crippen LogP contribution in [0.4, 0.5) is 5.69 Å². The molecular formula is C16H15NO2. The number of hydrogen-bond donors (Lipinski definition) is 2. The summed E-state index contributed by atoms with van der Waals surface area (Å²) in [7, 11) is 0. The van der Waals surface area contributed by atoms with Gasteiger partial charge >= 0.3 is 0 Å². The monoisotopic (exact) mass is 253 g/mol. The summed E-state index contributed by atoms with van der Waals surface area (Å²) >= 11 is 0. The SMILES string of the molecule is OC(CNc1ccc2ccccc2c1)c1ccco1. The number of hydrogen-bond acceptors (Lipinski definition) is 3. The summed E-state index contributed by atoms with van der Waals surface area (Å²) in [4.78, 5) is 0. The van der Waals surface area contributed by atoms with Gasteiger partial charge in [-0.15, -0.1) is 0 Å². The van der Waals surface area contributed by atoms with Gasteiger partial charge in [-0.3, -0.25) is 0 Å². The molecule has 1 unspecified atom stereocenters. The third-order valence-electron chi connectivity index (χ3n) is 3.12. The van der Waals surface area contributed by atoms with Crippen molar-refractivity contribution in [2.24, 2.45) is 0 Å². The van der Waals surface area contributed by atoms with Crippen LogP contribution in [0, 0.1) is 0 Å². The van der Waals surface area contributed by atoms with Crippen LogP contribution in [0.15, 0.2) is 65.3 Å². The second-order valence-electron chi connectivity index (χ2n) is 4.47. The average molecular weight is 253 g/mol. The van der Waals surface area contributed by atoms with Gasteiger partial charge in [-0.1, -0.05) is 30.3 Å². The highest BCUT2D eigenvalue weighted by atomic mass is 16.4. The molecule has 1 aromatic heterocycles. The van der Waals surface area contributed by atoms with Crippen molar-refractivity contribution in [1.29, 1.82) is 0 Å². The van der Waals surface area contributed by atoms with E-state index in [1.807, 2.05) is 18.2 Å². The van der Waals surface area contributed by atoms with Gasteiger partial charge in [0.25, 0.3) is 0 Å². The number of rotatable bonds is 4. The maximum Gasteiger partial charge on any atom is 0.134 e. The molecule has 3 nitrogen and oxygen atoms in total. The number of anilines is 1. The van der Waals surface area contributed by atoms with Crippen molar-refractivity contribution in [3.05, 3.63) is 66.6 Å². The fourth-order valence-electron chi connectivity index (χ4n) is 2.10. The predicted octanol–water partition coefficient (Wildman–Crippen LogP) is 3.58. The first kappa shape index (κ1) is 11.8. The standard InChI is InChI=1S/C16H15NO2/c18-15(16-6-3-9-19-16)11-17-14-8-7-12-4-1-2-5-13(12)10-14/h1-10,15,17-18H,11H2. The summed E-state index contributed by atoms with van der Waals surface area (Å²) in [6.45, 7) is 0.422. The molecule has 0 aliphatic heterocycles. The highest BCUT2D eigenvalue weighted by molar-refractivity contribution is 5.85. The summed E-state index contributed by atoms with van der Waals surface area (Å²) in [6, 6.07) is 17.9. The molecule has 0 amide bonds. The maximum atomic E-state index is 9.93. The fraction of sp³-hybridized carbons (Fsp3) is 0.125. The van der Waals surface area contributed by atoms with Crippen LogP contribution in [0.1, 0.15) is 11.9 Å². The Morgan fingerprint density at radius 2 is 1.84 bits per heavy atom. The minimum atomic E-state index is -0.638. The Kier molecular flexibility index (Phi) is 3.21. The van der Waals surface area contributed by atoms with E-state index in [0.717, 1.165) is 5.69 Å². The first-order valence-electron chi connectivity index (χ1n) is 6.27. The lowest BCUT2D eigenvalue weighted by molar-refractivity contribution is 0.162. The van der Waals surface area contributed by atoms with E-state index in [9.17, 15) is 5.11 Å². The van der Waals surface area contributed by atoms with Gasteiger partial charge in [0, 0.05) is 12.2 Å². The van der Waals surface area contributed by atoms with E-state index in [1.165, 1.54) is 10.8 Å². The van der Waals surface area contributed by atoms with Crippen LogP contribution in [0.5, 0.6) is 0 Å². The molecule has 3 aromatic rings. The molecule has 0 saturated heterocycles. The van der Waals surface area contributed by atoms with Gasteiger partial charge in [0.15, 0.2) is 0 Å². The van der Waals surface area contributed by atoms with Gasteiger partial charge < -0.3 is 14.8 Å². The van der Waals surface area contributed by atoms with Crippen LogP contribution in [-0.2, 0) is 0 Å². The van der Waals surface area contributed by atoms with Gasteiger partial charge in [-0.25, -0.2) is 0 Å². The lowest BCUT2D eigenvalue weighted by Gasteiger charge is -2.11. The Balaban J connectivity index is 1.71. The molecule has 0 saturated carbocycles. The molecule has 0 aliphatic rings. The molecule has 96 valence electrons. The number of aliphatic hydroxyl groups is 1. The van der Waals surface area contributed by atoms with Crippen molar-refractivity contribution in [2.75, 3.05) is 11.9 Å². The molecule has 0 fully saturated rings. The van der Waals surface area contributed by atoms with Crippen molar-refractivity contribution in [2.45, 2.75) is 6.10 Å². The maximum absolute atomic E-state index is 9.93. The topological polar surface area (TPSA) is 45.4 Å². The molecule has 19 heavy (non-hydrogen) atoms. The second kappa shape index (κ2) is 5.16. The number of furan rings is 1. The van der Waals surface area contributed by atoms with Crippen LogP contribution < -0.4 is 5.32 Å². The normalized spacial score (nSPS) is 12.5. The third-order valence-corrected chi connectivity index (χ3v) is 3.12. The predicted molar refractivity (Wildman–Crippen MR) is 76.1 cm³/mol. The third kappa shape index (κ3) is 2.61. The minimum absolute atomic E-state index is 0.422. The van der Waals surface area contributed by atoms with Crippen LogP contribution >= 0.6 is 0 Å². The van der Waals surface area contributed by atoms with E-state index >= 15 is 0 Å². The van der Waals surface area contributed by atoms with Gasteiger partial charge in [0.2, 0.25) is 0 Å². The van der Waals surface area contributed by atoms with Crippen LogP contribution in [0.25, 0.3) is 10.8 Å². The van der Waals surface area contributed by atoms with Gasteiger partial charge in [0.05, 0.1) is 6.26 Å². The highest BCUT2D eigenvalue weighted by Crippen LogP contribution is 2.20. The van der Waals surface area contributed by atoms with E-state index < -0.39 is 6.10 Å². The molecule has 0 spiro atoms. The zero-order valence-corrected chi connectivity index (χ0v) is 10.4. The summed E-state index contributed by atoms with van der Waals surface area (Å²) < 4.78 is 5.16. The number of nitrogens with one attached hydrogen (secondary N) is 1. The Labute approximate surface area is 111 Å². The van der Waals surface area contributed by atoms with Crippen molar-refractivity contribution < 1.29 is 9.52 Å². The molecule has 2 aromatic carbocycles. The van der Waals surface area contributed by atoms with Crippen molar-refractivity contribution in [3.63, 3.8) is 0 Å². The summed E-state index contributed by atoms with van der Waals surface area (Å²) in [5, 5.41) is 15.5. The van der Waals surface area contributed by atoms with Crippen molar-refractivity contribution >= 4 is 16.5 Å². The zero-order valence-electron chi connectivity index (χ0n) is 10.4. The molecule has 0 radical (unpaired) electrons. The first-order chi connectivity index (χ1) is 9.33. The van der Waals surface area contributed by atoms with E-state index in [4.69, 9.17) is 4.42 Å². The lowest BCUT2D eigenvalue weighted by atomic mass is 10.1. The number of benzene rings is 2. The Hall–Kier alpha value is -2.26. The van der Waals surface area contributed by atoms with Crippen molar-refractivity contribution in [3.8, 4) is 0 Å². The molecule has 3 heteroatoms. The molecular weight excluding hydrogens is 238 g/mol. The van der Waals surface area contributed by atoms with Crippen LogP contribution in [0.2, 0.25) is 0 Å². The Morgan fingerprint density at radius 3 is 2.63 bits per heavy atom. The van der Waals surface area contributed by atoms with E-state index in [-0.39, 0.29) is 0 Å². The molecule has 0 aliphatic carbocycles. The minimum Gasteiger partial charge on any atom is -0.467 e. The Morgan fingerprint density at radius 1 is 1.00 bits per heavy atom. The quantitative estimate of drug-likeness (QED) is 0.747. The van der Waals surface area contributed by atoms with Crippen LogP contribution in [0.3, 0.4) is 0 Å². The highest BCUT2D eigenvalue weighted by Gasteiger charge is 2.09. The molecule has 3 rings (SSSR count). The lowest BCUT2D eigenvalue weighted by Crippen LogP contribution is -2.11. The molecule has 1 heterocycles. The van der Waals surface area contributed by atoms with Gasteiger partial charge in [-0.2, -0.15) is 0 Å². The van der Waals surface area contributed by atoms with E-state index in [2.05, 4.69) is 29.6 Å².